The second-order valence-electron chi connectivity index (χ2n) is 2.62. The summed E-state index contributed by atoms with van der Waals surface area (Å²) >= 11 is 5.67. The normalized spacial score (nSPS) is 43.7. The van der Waals surface area contributed by atoms with Crippen LogP contribution in [-0.2, 0) is 4.74 Å². The van der Waals surface area contributed by atoms with Crippen molar-refractivity contribution in [1.29, 1.82) is 0 Å². The molecule has 2 nitrogen and oxygen atoms in total. The molecule has 0 aromatic carbocycles. The highest BCUT2D eigenvalue weighted by Crippen LogP contribution is 2.31. The lowest BCUT2D eigenvalue weighted by atomic mass is 10.4. The van der Waals surface area contributed by atoms with Gasteiger partial charge in [-0.15, -0.1) is 0 Å². The molecule has 2 fully saturated rings. The Labute approximate surface area is 59.7 Å². The van der Waals surface area contributed by atoms with Crippen LogP contribution in [0.15, 0.2) is 0 Å². The number of halogens is 1. The third kappa shape index (κ3) is 1.07. The Balaban J connectivity index is 1.85. The molecule has 0 amide bonds. The molecule has 0 N–H and O–H groups in total. The first kappa shape index (κ1) is 5.96. The van der Waals surface area contributed by atoms with Crippen LogP contribution in [0, 0.1) is 0 Å². The molecule has 52 valence electrons. The van der Waals surface area contributed by atoms with Crippen molar-refractivity contribution < 1.29 is 4.74 Å². The summed E-state index contributed by atoms with van der Waals surface area (Å²) in [6.45, 7) is 2.35. The zero-order valence-corrected chi connectivity index (χ0v) is 5.97. The van der Waals surface area contributed by atoms with Crippen molar-refractivity contribution in [2.24, 2.45) is 0 Å². The van der Waals surface area contributed by atoms with Gasteiger partial charge >= 0.3 is 0 Å². The van der Waals surface area contributed by atoms with Crippen LogP contribution in [0.25, 0.3) is 0 Å². The van der Waals surface area contributed by atoms with Crippen LogP contribution < -0.4 is 0 Å². The van der Waals surface area contributed by atoms with Crippen LogP contribution in [0.5, 0.6) is 0 Å². The molecule has 0 radical (unpaired) electrons. The van der Waals surface area contributed by atoms with Crippen molar-refractivity contribution >= 4 is 11.6 Å². The van der Waals surface area contributed by atoms with E-state index in [4.69, 9.17) is 16.3 Å². The number of alkyl halides is 1. The molecule has 2 atom stereocenters. The van der Waals surface area contributed by atoms with Gasteiger partial charge in [0.2, 0.25) is 0 Å². The average Bonchev–Trinajstić information content (AvgIpc) is 2.44. The predicted octanol–water partition coefficient (Wildman–Crippen LogP) is 1.00. The summed E-state index contributed by atoms with van der Waals surface area (Å²) in [5, 5.41) is 0. The van der Waals surface area contributed by atoms with Crippen LogP contribution in [0.2, 0.25) is 0 Å². The van der Waals surface area contributed by atoms with E-state index in [1.54, 1.807) is 0 Å². The second kappa shape index (κ2) is 2.11. The first-order valence-corrected chi connectivity index (χ1v) is 3.85. The molecule has 0 spiro atoms. The molecule has 2 unspecified atom stereocenters. The lowest BCUT2D eigenvalue weighted by Gasteiger charge is -2.08. The van der Waals surface area contributed by atoms with Gasteiger partial charge in [-0.1, -0.05) is 11.6 Å². The molecule has 0 aromatic heterocycles. The van der Waals surface area contributed by atoms with Gasteiger partial charge in [0.05, 0.1) is 0 Å². The Morgan fingerprint density at radius 1 is 1.33 bits per heavy atom. The summed E-state index contributed by atoms with van der Waals surface area (Å²) in [6.07, 6.45) is 2.88. The molecule has 9 heavy (non-hydrogen) atoms. The van der Waals surface area contributed by atoms with Crippen LogP contribution >= 0.6 is 11.6 Å². The topological polar surface area (TPSA) is 15.8 Å². The van der Waals surface area contributed by atoms with Gasteiger partial charge in [-0.2, -0.15) is 0 Å². The summed E-state index contributed by atoms with van der Waals surface area (Å²) in [7, 11) is 0. The zero-order chi connectivity index (χ0) is 6.27. The van der Waals surface area contributed by atoms with E-state index in [2.05, 4.69) is 4.90 Å². The monoisotopic (exact) mass is 147 g/mol. The molecule has 2 aliphatic heterocycles. The summed E-state index contributed by atoms with van der Waals surface area (Å²) < 4.78 is 5.09. The third-order valence-electron chi connectivity index (χ3n) is 1.92. The van der Waals surface area contributed by atoms with Gasteiger partial charge < -0.3 is 4.74 Å². The number of ether oxygens (including phenoxy) is 1. The van der Waals surface area contributed by atoms with Crippen molar-refractivity contribution in [1.82, 2.24) is 4.90 Å². The number of nitrogens with zero attached hydrogens (tertiary/aromatic N) is 1. The molecule has 0 saturated carbocycles. The SMILES string of the molecule is ClC1OC1N1CCCC1. The van der Waals surface area contributed by atoms with E-state index >= 15 is 0 Å². The fourth-order valence-electron chi connectivity index (χ4n) is 1.34. The fraction of sp³-hybridized carbons (Fsp3) is 1.00. The summed E-state index contributed by atoms with van der Waals surface area (Å²) in [5.41, 5.74) is -0.0110. The lowest BCUT2D eigenvalue weighted by molar-refractivity contribution is 0.211. The summed E-state index contributed by atoms with van der Waals surface area (Å²) in [5.74, 6) is 0. The number of rotatable bonds is 1. The Kier molecular flexibility index (Phi) is 1.40. The molecule has 2 aliphatic rings. The molecule has 2 rings (SSSR count). The van der Waals surface area contributed by atoms with E-state index in [1.807, 2.05) is 0 Å². The predicted molar refractivity (Wildman–Crippen MR) is 35.3 cm³/mol. The van der Waals surface area contributed by atoms with Gasteiger partial charge in [0.15, 0.2) is 11.8 Å². The van der Waals surface area contributed by atoms with Crippen LogP contribution in [0.4, 0.5) is 0 Å². The standard InChI is InChI=1S/C6H10ClNO/c7-5-6(9-5)8-3-1-2-4-8/h5-6H,1-4H2. The minimum atomic E-state index is -0.0110. The lowest BCUT2D eigenvalue weighted by Crippen LogP contribution is -2.23. The highest BCUT2D eigenvalue weighted by molar-refractivity contribution is 6.21. The van der Waals surface area contributed by atoms with Crippen LogP contribution in [0.1, 0.15) is 12.8 Å². The van der Waals surface area contributed by atoms with Gasteiger partial charge in [0, 0.05) is 13.1 Å². The summed E-state index contributed by atoms with van der Waals surface area (Å²) in [4.78, 5) is 2.30. The van der Waals surface area contributed by atoms with Gasteiger partial charge in [-0.05, 0) is 12.8 Å². The Morgan fingerprint density at radius 3 is 2.33 bits per heavy atom. The average molecular weight is 148 g/mol. The minimum absolute atomic E-state index is 0.0110. The highest BCUT2D eigenvalue weighted by atomic mass is 35.5. The maximum Gasteiger partial charge on any atom is 0.172 e. The van der Waals surface area contributed by atoms with E-state index in [-0.39, 0.29) is 11.8 Å². The number of likely N-dealkylation sites (tertiary alicyclic amines) is 1. The molecule has 0 aromatic rings. The van der Waals surface area contributed by atoms with Crippen molar-refractivity contribution in [3.8, 4) is 0 Å². The van der Waals surface area contributed by atoms with E-state index in [9.17, 15) is 0 Å². The quantitative estimate of drug-likeness (QED) is 0.406. The van der Waals surface area contributed by atoms with Crippen molar-refractivity contribution in [2.45, 2.75) is 24.6 Å². The maximum absolute atomic E-state index is 5.67. The van der Waals surface area contributed by atoms with Gasteiger partial charge in [-0.25, -0.2) is 0 Å². The van der Waals surface area contributed by atoms with E-state index in [0.29, 0.717) is 0 Å². The molecular formula is C6H10ClNO. The number of epoxide rings is 1. The van der Waals surface area contributed by atoms with Gasteiger partial charge in [0.1, 0.15) is 0 Å². The molecule has 0 aliphatic carbocycles. The van der Waals surface area contributed by atoms with Crippen LogP contribution in [-0.4, -0.2) is 29.8 Å². The first-order valence-electron chi connectivity index (χ1n) is 3.41. The second-order valence-corrected chi connectivity index (χ2v) is 3.05. The molecule has 0 bridgehead atoms. The van der Waals surface area contributed by atoms with Crippen LogP contribution in [0.3, 0.4) is 0 Å². The minimum Gasteiger partial charge on any atom is -0.336 e. The van der Waals surface area contributed by atoms with Gasteiger partial charge in [-0.3, -0.25) is 4.90 Å². The molecule has 3 heteroatoms. The van der Waals surface area contributed by atoms with Crippen molar-refractivity contribution in [2.75, 3.05) is 13.1 Å². The molecule has 2 heterocycles. The number of hydrogen-bond donors (Lipinski definition) is 0. The smallest absolute Gasteiger partial charge is 0.172 e. The summed E-state index contributed by atoms with van der Waals surface area (Å²) in [6, 6.07) is 0. The Hall–Kier alpha value is 0.210. The molecular weight excluding hydrogens is 138 g/mol. The van der Waals surface area contributed by atoms with E-state index in [0.717, 1.165) is 0 Å². The third-order valence-corrected chi connectivity index (χ3v) is 2.24. The molecule has 2 saturated heterocycles. The van der Waals surface area contributed by atoms with Crippen molar-refractivity contribution in [3.05, 3.63) is 0 Å². The van der Waals surface area contributed by atoms with Crippen molar-refractivity contribution in [3.63, 3.8) is 0 Å². The largest absolute Gasteiger partial charge is 0.336 e. The van der Waals surface area contributed by atoms with Gasteiger partial charge in [0.25, 0.3) is 0 Å². The Morgan fingerprint density at radius 2 is 1.89 bits per heavy atom. The highest BCUT2D eigenvalue weighted by Gasteiger charge is 2.42. The first-order chi connectivity index (χ1) is 4.38. The van der Waals surface area contributed by atoms with E-state index < -0.39 is 0 Å². The van der Waals surface area contributed by atoms with E-state index in [1.165, 1.54) is 25.9 Å². The fourth-order valence-corrected chi connectivity index (χ4v) is 1.60. The number of hydrogen-bond acceptors (Lipinski definition) is 2. The Bertz CT molecular complexity index is 114. The maximum atomic E-state index is 5.67. The zero-order valence-electron chi connectivity index (χ0n) is 5.22.